The van der Waals surface area contributed by atoms with Crippen LogP contribution < -0.4 is 22.9 Å². The number of hydrogen-bond acceptors (Lipinski definition) is 18. The van der Waals surface area contributed by atoms with Gasteiger partial charge in [-0.3, -0.25) is 19.9 Å². The van der Waals surface area contributed by atoms with Crippen LogP contribution in [0.2, 0.25) is 0 Å². The Bertz CT molecular complexity index is 4700. The van der Waals surface area contributed by atoms with Crippen molar-refractivity contribution in [3.05, 3.63) is 97.6 Å². The molecule has 13 aromatic rings. The van der Waals surface area contributed by atoms with Crippen LogP contribution in [-0.4, -0.2) is 79.7 Å². The van der Waals surface area contributed by atoms with E-state index in [2.05, 4.69) is 9.97 Å². The van der Waals surface area contributed by atoms with Gasteiger partial charge in [-0.05, 0) is 72.8 Å². The summed E-state index contributed by atoms with van der Waals surface area (Å²) in [7, 11) is 0. The standard InChI is InChI=1S/C48H26N20/c49-25-13-21-23(15-27(25)51)43-62-41(21)61-42-22-14-26(50)28(52)16-24(22)44(63-42)65-46-38-40(60-36-20-8-4-12-56-32(20)30-18(34(36)58-38)6-2-10-54-30)48(67-46)68-47-39-37(45(64-43)66-47)57-33-17-5-1-9-53-29(17)31-19(35(33)59-39)7-3-11-55-31/h1-16H,49-52H2,(H2,61,62,63,64,65,66,67,68). The molecule has 0 unspecified atom stereocenters. The van der Waals surface area contributed by atoms with Crippen molar-refractivity contribution in [3.63, 3.8) is 0 Å². The molecule has 68 heavy (non-hydrogen) atoms. The Labute approximate surface area is 377 Å². The minimum Gasteiger partial charge on any atom is -0.397 e. The number of H-pyrrole nitrogens is 2. The van der Waals surface area contributed by atoms with E-state index < -0.39 is 0 Å². The largest absolute Gasteiger partial charge is 0.397 e. The van der Waals surface area contributed by atoms with Gasteiger partial charge in [0.1, 0.15) is 33.7 Å². The van der Waals surface area contributed by atoms with Crippen molar-refractivity contribution < 1.29 is 0 Å². The zero-order valence-corrected chi connectivity index (χ0v) is 34.8. The van der Waals surface area contributed by atoms with Gasteiger partial charge in [0.25, 0.3) is 0 Å². The normalized spacial score (nSPS) is 12.4. The predicted octanol–water partition coefficient (Wildman–Crippen LogP) is 7.28. The summed E-state index contributed by atoms with van der Waals surface area (Å²) in [6, 6.07) is 22.2. The summed E-state index contributed by atoms with van der Waals surface area (Å²) in [6.45, 7) is 0. The molecule has 318 valence electrons. The second kappa shape index (κ2) is 12.7. The van der Waals surface area contributed by atoms with Crippen molar-refractivity contribution in [1.29, 1.82) is 0 Å². The molecule has 0 saturated carbocycles. The molecule has 9 aromatic heterocycles. The first-order valence-electron chi connectivity index (χ1n) is 21.2. The average molecular weight is 883 g/mol. The summed E-state index contributed by atoms with van der Waals surface area (Å²) in [5.74, 6) is 0.993. The third-order valence-corrected chi connectivity index (χ3v) is 12.6. The Hall–Kier alpha value is -10.2. The Morgan fingerprint density at radius 3 is 1.07 bits per heavy atom. The van der Waals surface area contributed by atoms with E-state index >= 15 is 0 Å². The zero-order valence-electron chi connectivity index (χ0n) is 34.8. The lowest BCUT2D eigenvalue weighted by atomic mass is 10.1. The fraction of sp³-hybridized carbons (Fsp3) is 0. The number of fused-ring (bicyclic) bond motifs is 32. The number of nitrogens with two attached hydrogens (primary N) is 4. The molecule has 20 nitrogen and oxygen atoms in total. The van der Waals surface area contributed by atoms with Gasteiger partial charge < -0.3 is 32.9 Å². The number of aromatic nitrogens is 16. The van der Waals surface area contributed by atoms with E-state index in [0.717, 1.165) is 21.5 Å². The third kappa shape index (κ3) is 4.85. The summed E-state index contributed by atoms with van der Waals surface area (Å²) in [6.07, 6.45) is 6.93. The highest BCUT2D eigenvalue weighted by Gasteiger charge is 2.28. The van der Waals surface area contributed by atoms with Gasteiger partial charge in [0, 0.05) is 68.2 Å². The van der Waals surface area contributed by atoms with E-state index in [9.17, 15) is 0 Å². The molecular formula is C48H26N20. The maximum atomic E-state index is 6.45. The summed E-state index contributed by atoms with van der Waals surface area (Å²) >= 11 is 0. The molecule has 0 spiro atoms. The topological polar surface area (TPSA) is 316 Å². The zero-order chi connectivity index (χ0) is 45.1. The first-order valence-corrected chi connectivity index (χ1v) is 21.2. The van der Waals surface area contributed by atoms with Gasteiger partial charge in [-0.25, -0.2) is 49.8 Å². The van der Waals surface area contributed by atoms with Crippen LogP contribution in [-0.2, 0) is 0 Å². The summed E-state index contributed by atoms with van der Waals surface area (Å²) in [5.41, 5.74) is 36.3. The summed E-state index contributed by atoms with van der Waals surface area (Å²) < 4.78 is 0. The van der Waals surface area contributed by atoms with Gasteiger partial charge in [0.15, 0.2) is 34.6 Å². The van der Waals surface area contributed by atoms with Crippen molar-refractivity contribution in [3.8, 4) is 45.8 Å². The predicted molar refractivity (Wildman–Crippen MR) is 261 cm³/mol. The number of nitrogens with zero attached hydrogens (tertiary/aromatic N) is 14. The SMILES string of the molecule is Nc1cc2c(cc1N)-c1nc-2nc2[nH]c(nc3nc(nc4[nH]c(n1)c1nc5c6cccnc6c6ncccc6c5nc41)-c1nc4c5cccnc5c5ncccc5c4nc1-3)c1cc(N)c(N)cc21. The van der Waals surface area contributed by atoms with Crippen LogP contribution in [0.3, 0.4) is 0 Å². The van der Waals surface area contributed by atoms with Crippen LogP contribution in [0.25, 0.3) is 156 Å². The van der Waals surface area contributed by atoms with Gasteiger partial charge in [0.05, 0.1) is 66.9 Å². The monoisotopic (exact) mass is 882 g/mol. The molecule has 0 aliphatic carbocycles. The van der Waals surface area contributed by atoms with E-state index in [4.69, 9.17) is 92.7 Å². The summed E-state index contributed by atoms with van der Waals surface area (Å²) in [4.78, 5) is 77.7. The number of hydrogen-bond donors (Lipinski definition) is 6. The number of nitrogen functional groups attached to an aromatic ring is 4. The van der Waals surface area contributed by atoms with E-state index in [1.807, 2.05) is 48.5 Å². The van der Waals surface area contributed by atoms with Crippen LogP contribution in [0.5, 0.6) is 0 Å². The number of pyridine rings is 4. The minimum atomic E-state index is 0.196. The Balaban J connectivity index is 1.15. The van der Waals surface area contributed by atoms with Crippen molar-refractivity contribution in [1.82, 2.24) is 79.7 Å². The Morgan fingerprint density at radius 2 is 0.632 bits per heavy atom. The van der Waals surface area contributed by atoms with Crippen LogP contribution in [0.1, 0.15) is 0 Å². The second-order valence-corrected chi connectivity index (χ2v) is 16.5. The molecule has 0 radical (unpaired) electrons. The van der Waals surface area contributed by atoms with Gasteiger partial charge in [-0.2, -0.15) is 0 Å². The molecule has 0 amide bonds. The van der Waals surface area contributed by atoms with Crippen molar-refractivity contribution >= 4 is 133 Å². The number of anilines is 4. The number of aromatic amines is 2. The highest BCUT2D eigenvalue weighted by molar-refractivity contribution is 6.23. The minimum absolute atomic E-state index is 0.196. The molecule has 11 heterocycles. The van der Waals surface area contributed by atoms with Gasteiger partial charge >= 0.3 is 0 Å². The molecule has 10 N–H and O–H groups in total. The average Bonchev–Trinajstić information content (AvgIpc) is 4.08. The van der Waals surface area contributed by atoms with E-state index in [-0.39, 0.29) is 23.1 Å². The maximum Gasteiger partial charge on any atom is 0.184 e. The molecular weight excluding hydrogens is 857 g/mol. The third-order valence-electron chi connectivity index (χ3n) is 12.6. The number of benzene rings is 4. The Morgan fingerprint density at radius 1 is 0.294 bits per heavy atom. The van der Waals surface area contributed by atoms with Crippen LogP contribution in [0.15, 0.2) is 97.6 Å². The molecule has 0 saturated heterocycles. The van der Waals surface area contributed by atoms with Gasteiger partial charge in [-0.15, -0.1) is 0 Å². The van der Waals surface area contributed by atoms with Gasteiger partial charge in [0.2, 0.25) is 0 Å². The van der Waals surface area contributed by atoms with Crippen molar-refractivity contribution in [2.75, 3.05) is 22.9 Å². The van der Waals surface area contributed by atoms with Crippen LogP contribution >= 0.6 is 0 Å². The van der Waals surface area contributed by atoms with Gasteiger partial charge in [-0.1, -0.05) is 0 Å². The molecule has 2 aliphatic rings. The lowest BCUT2D eigenvalue weighted by molar-refractivity contribution is 1.18. The van der Waals surface area contributed by atoms with Crippen LogP contribution in [0, 0.1) is 0 Å². The van der Waals surface area contributed by atoms with E-state index in [1.54, 1.807) is 49.1 Å². The number of nitrogens with one attached hydrogen (secondary N) is 2. The first-order chi connectivity index (χ1) is 33.3. The Kier molecular flexibility index (Phi) is 6.76. The molecule has 0 fully saturated rings. The van der Waals surface area contributed by atoms with E-state index in [1.165, 1.54) is 0 Å². The highest BCUT2D eigenvalue weighted by atomic mass is 15.1. The molecule has 15 rings (SSSR count). The highest BCUT2D eigenvalue weighted by Crippen LogP contribution is 2.41. The first kappa shape index (κ1) is 36.1. The molecule has 4 aromatic carbocycles. The van der Waals surface area contributed by atoms with Crippen molar-refractivity contribution in [2.24, 2.45) is 0 Å². The van der Waals surface area contributed by atoms with E-state index in [0.29, 0.717) is 134 Å². The molecule has 0 atom stereocenters. The quantitative estimate of drug-likeness (QED) is 0.0643. The smallest absolute Gasteiger partial charge is 0.184 e. The lowest BCUT2D eigenvalue weighted by Gasteiger charge is -2.09. The molecule has 8 bridgehead atoms. The fourth-order valence-corrected chi connectivity index (χ4v) is 9.42. The summed E-state index contributed by atoms with van der Waals surface area (Å²) in [5, 5.41) is 4.26. The number of rotatable bonds is 0. The lowest BCUT2D eigenvalue weighted by Crippen LogP contribution is -1.96. The molecule has 2 aliphatic heterocycles. The molecule has 20 heteroatoms. The fourth-order valence-electron chi connectivity index (χ4n) is 9.42. The van der Waals surface area contributed by atoms with Crippen molar-refractivity contribution in [2.45, 2.75) is 0 Å². The second-order valence-electron chi connectivity index (χ2n) is 16.5. The van der Waals surface area contributed by atoms with Crippen LogP contribution in [0.4, 0.5) is 22.7 Å². The maximum absolute atomic E-state index is 6.45.